The van der Waals surface area contributed by atoms with Crippen molar-refractivity contribution in [1.29, 1.82) is 0 Å². The fourth-order valence-corrected chi connectivity index (χ4v) is 1.23. The third kappa shape index (κ3) is 4.35. The van der Waals surface area contributed by atoms with Gasteiger partial charge in [-0.1, -0.05) is 12.1 Å². The van der Waals surface area contributed by atoms with Gasteiger partial charge in [-0.05, 0) is 17.7 Å². The molecule has 0 aliphatic carbocycles. The second kappa shape index (κ2) is 6.89. The first-order chi connectivity index (χ1) is 7.76. The topological polar surface area (TPSA) is 38.7 Å². The third-order valence-electron chi connectivity index (χ3n) is 2.09. The van der Waals surface area contributed by atoms with Gasteiger partial charge < -0.3 is 14.6 Å². The van der Waals surface area contributed by atoms with Crippen molar-refractivity contribution in [2.45, 2.75) is 19.1 Å². The highest BCUT2D eigenvalue weighted by molar-refractivity contribution is 5.26. The molecule has 1 atom stereocenters. The number of benzene rings is 1. The van der Waals surface area contributed by atoms with Gasteiger partial charge in [-0.2, -0.15) is 0 Å². The standard InChI is InChI=1S/C13H16O3/c1-3-4-12(14)10-16-9-11-5-7-13(15-2)8-6-11/h1,5-8,12,14H,4,9-10H2,2H3/t12-/m0/s1. The van der Waals surface area contributed by atoms with Crippen molar-refractivity contribution in [3.8, 4) is 18.1 Å². The van der Waals surface area contributed by atoms with Gasteiger partial charge in [-0.3, -0.25) is 0 Å². The van der Waals surface area contributed by atoms with E-state index in [1.807, 2.05) is 24.3 Å². The van der Waals surface area contributed by atoms with E-state index in [0.717, 1.165) is 11.3 Å². The minimum Gasteiger partial charge on any atom is -0.497 e. The smallest absolute Gasteiger partial charge is 0.118 e. The monoisotopic (exact) mass is 220 g/mol. The van der Waals surface area contributed by atoms with E-state index in [9.17, 15) is 5.11 Å². The first-order valence-corrected chi connectivity index (χ1v) is 5.08. The molecule has 0 fully saturated rings. The summed E-state index contributed by atoms with van der Waals surface area (Å²) in [4.78, 5) is 0. The normalized spacial score (nSPS) is 11.8. The first-order valence-electron chi connectivity index (χ1n) is 5.08. The predicted octanol–water partition coefficient (Wildman–Crippen LogP) is 1.60. The Bertz CT molecular complexity index is 337. The molecule has 0 aromatic heterocycles. The molecule has 0 amide bonds. The molecule has 3 heteroatoms. The lowest BCUT2D eigenvalue weighted by Crippen LogP contribution is -2.14. The molecule has 0 saturated heterocycles. The van der Waals surface area contributed by atoms with E-state index in [1.54, 1.807) is 7.11 Å². The number of hydrogen-bond acceptors (Lipinski definition) is 3. The van der Waals surface area contributed by atoms with Crippen molar-refractivity contribution in [3.63, 3.8) is 0 Å². The zero-order valence-electron chi connectivity index (χ0n) is 9.35. The van der Waals surface area contributed by atoms with Crippen molar-refractivity contribution >= 4 is 0 Å². The minimum absolute atomic E-state index is 0.260. The molecule has 0 unspecified atom stereocenters. The summed E-state index contributed by atoms with van der Waals surface area (Å²) in [6.07, 6.45) is 4.81. The number of hydrogen-bond donors (Lipinski definition) is 1. The summed E-state index contributed by atoms with van der Waals surface area (Å²) < 4.78 is 10.4. The van der Waals surface area contributed by atoms with Crippen molar-refractivity contribution in [1.82, 2.24) is 0 Å². The molecule has 1 rings (SSSR count). The average Bonchev–Trinajstić information content (AvgIpc) is 2.30. The van der Waals surface area contributed by atoms with E-state index in [1.165, 1.54) is 0 Å². The quantitative estimate of drug-likeness (QED) is 0.740. The zero-order valence-corrected chi connectivity index (χ0v) is 9.35. The van der Waals surface area contributed by atoms with Crippen LogP contribution < -0.4 is 4.74 Å². The van der Waals surface area contributed by atoms with Crippen LogP contribution >= 0.6 is 0 Å². The Morgan fingerprint density at radius 1 is 1.38 bits per heavy atom. The predicted molar refractivity (Wildman–Crippen MR) is 62.1 cm³/mol. The Morgan fingerprint density at radius 3 is 2.62 bits per heavy atom. The lowest BCUT2D eigenvalue weighted by atomic mass is 10.2. The fraction of sp³-hybridized carbons (Fsp3) is 0.385. The molecule has 1 aromatic carbocycles. The highest BCUT2D eigenvalue weighted by Crippen LogP contribution is 2.11. The zero-order chi connectivity index (χ0) is 11.8. The summed E-state index contributed by atoms with van der Waals surface area (Å²) in [5, 5.41) is 9.32. The number of terminal acetylenes is 1. The lowest BCUT2D eigenvalue weighted by Gasteiger charge is -2.08. The molecule has 0 radical (unpaired) electrons. The Kier molecular flexibility index (Phi) is 5.41. The van der Waals surface area contributed by atoms with Crippen LogP contribution in [0.1, 0.15) is 12.0 Å². The maximum Gasteiger partial charge on any atom is 0.118 e. The Balaban J connectivity index is 2.29. The molecular formula is C13H16O3. The van der Waals surface area contributed by atoms with Crippen LogP contribution in [0.4, 0.5) is 0 Å². The Labute approximate surface area is 96.0 Å². The summed E-state index contributed by atoms with van der Waals surface area (Å²) in [5.41, 5.74) is 1.04. The maximum absolute atomic E-state index is 9.32. The van der Waals surface area contributed by atoms with Gasteiger partial charge in [0, 0.05) is 6.42 Å². The molecule has 1 N–H and O–H groups in total. The largest absolute Gasteiger partial charge is 0.497 e. The van der Waals surface area contributed by atoms with Gasteiger partial charge in [0.2, 0.25) is 0 Å². The van der Waals surface area contributed by atoms with E-state index in [2.05, 4.69) is 5.92 Å². The fourth-order valence-electron chi connectivity index (χ4n) is 1.23. The molecule has 0 aliphatic heterocycles. The van der Waals surface area contributed by atoms with Gasteiger partial charge in [0.25, 0.3) is 0 Å². The van der Waals surface area contributed by atoms with E-state index in [4.69, 9.17) is 15.9 Å². The van der Waals surface area contributed by atoms with Gasteiger partial charge in [0.15, 0.2) is 0 Å². The van der Waals surface area contributed by atoms with Crippen LogP contribution in [0.25, 0.3) is 0 Å². The summed E-state index contributed by atoms with van der Waals surface area (Å²) >= 11 is 0. The van der Waals surface area contributed by atoms with E-state index >= 15 is 0 Å². The van der Waals surface area contributed by atoms with Gasteiger partial charge >= 0.3 is 0 Å². The van der Waals surface area contributed by atoms with Crippen LogP contribution in [0.5, 0.6) is 5.75 Å². The second-order valence-corrected chi connectivity index (χ2v) is 3.43. The molecule has 16 heavy (non-hydrogen) atoms. The highest BCUT2D eigenvalue weighted by Gasteiger charge is 2.02. The molecule has 0 spiro atoms. The SMILES string of the molecule is C#CC[C@H](O)COCc1ccc(OC)cc1. The number of ether oxygens (including phenoxy) is 2. The van der Waals surface area contributed by atoms with E-state index in [0.29, 0.717) is 13.0 Å². The number of aliphatic hydroxyl groups is 1. The van der Waals surface area contributed by atoms with Crippen molar-refractivity contribution in [2.24, 2.45) is 0 Å². The van der Waals surface area contributed by atoms with Crippen LogP contribution in [-0.4, -0.2) is 24.9 Å². The molecule has 0 bridgehead atoms. The van der Waals surface area contributed by atoms with Crippen molar-refractivity contribution in [2.75, 3.05) is 13.7 Å². The van der Waals surface area contributed by atoms with E-state index in [-0.39, 0.29) is 6.61 Å². The maximum atomic E-state index is 9.32. The highest BCUT2D eigenvalue weighted by atomic mass is 16.5. The molecular weight excluding hydrogens is 204 g/mol. The molecule has 3 nitrogen and oxygen atoms in total. The first kappa shape index (κ1) is 12.6. The molecule has 0 saturated carbocycles. The summed E-state index contributed by atoms with van der Waals surface area (Å²) in [6, 6.07) is 7.59. The summed E-state index contributed by atoms with van der Waals surface area (Å²) in [5.74, 6) is 3.20. The second-order valence-electron chi connectivity index (χ2n) is 3.43. The van der Waals surface area contributed by atoms with Crippen LogP contribution in [0.15, 0.2) is 24.3 Å². The molecule has 86 valence electrons. The minimum atomic E-state index is -0.580. The van der Waals surface area contributed by atoms with Crippen LogP contribution in [0, 0.1) is 12.3 Å². The number of aliphatic hydroxyl groups excluding tert-OH is 1. The number of methoxy groups -OCH3 is 1. The molecule has 0 heterocycles. The van der Waals surface area contributed by atoms with Crippen LogP contribution in [-0.2, 0) is 11.3 Å². The van der Waals surface area contributed by atoms with Gasteiger partial charge in [0.05, 0.1) is 26.4 Å². The Morgan fingerprint density at radius 2 is 2.06 bits per heavy atom. The molecule has 1 aromatic rings. The summed E-state index contributed by atoms with van der Waals surface area (Å²) in [7, 11) is 1.63. The van der Waals surface area contributed by atoms with Gasteiger partial charge in [-0.25, -0.2) is 0 Å². The molecule has 0 aliphatic rings. The average molecular weight is 220 g/mol. The van der Waals surface area contributed by atoms with E-state index < -0.39 is 6.10 Å². The van der Waals surface area contributed by atoms with Crippen LogP contribution in [0.2, 0.25) is 0 Å². The summed E-state index contributed by atoms with van der Waals surface area (Å²) in [6.45, 7) is 0.724. The van der Waals surface area contributed by atoms with Gasteiger partial charge in [-0.15, -0.1) is 12.3 Å². The number of rotatable bonds is 6. The third-order valence-corrected chi connectivity index (χ3v) is 2.09. The lowest BCUT2D eigenvalue weighted by molar-refractivity contribution is 0.0311. The van der Waals surface area contributed by atoms with Crippen LogP contribution in [0.3, 0.4) is 0 Å². The van der Waals surface area contributed by atoms with Gasteiger partial charge in [0.1, 0.15) is 5.75 Å². The Hall–Kier alpha value is -1.50. The van der Waals surface area contributed by atoms with Crippen molar-refractivity contribution in [3.05, 3.63) is 29.8 Å². The van der Waals surface area contributed by atoms with Crippen molar-refractivity contribution < 1.29 is 14.6 Å².